The summed E-state index contributed by atoms with van der Waals surface area (Å²) in [5.41, 5.74) is 2.09. The highest BCUT2D eigenvalue weighted by Crippen LogP contribution is 2.20. The topological polar surface area (TPSA) is 68.0 Å². The van der Waals surface area contributed by atoms with Crippen LogP contribution in [0, 0.1) is 12.7 Å². The molecule has 1 amide bonds. The lowest BCUT2D eigenvalue weighted by molar-refractivity contribution is -0.116. The Hall–Kier alpha value is -2.54. The summed E-state index contributed by atoms with van der Waals surface area (Å²) >= 11 is 3.17. The van der Waals surface area contributed by atoms with Crippen LogP contribution in [0.15, 0.2) is 51.5 Å². The second kappa shape index (κ2) is 7.57. The number of rotatable bonds is 5. The number of halogens is 2. The van der Waals surface area contributed by atoms with Gasteiger partial charge >= 0.3 is 0 Å². The van der Waals surface area contributed by atoms with Gasteiger partial charge in [-0.3, -0.25) is 4.79 Å². The highest BCUT2D eigenvalue weighted by atomic mass is 79.9. The second-order valence-electron chi connectivity index (χ2n) is 5.55. The first-order valence-electron chi connectivity index (χ1n) is 7.66. The number of anilines is 1. The lowest BCUT2D eigenvalue weighted by atomic mass is 10.1. The maximum atomic E-state index is 13.7. The summed E-state index contributed by atoms with van der Waals surface area (Å²) in [6, 6.07) is 12.2. The smallest absolute Gasteiger partial charge is 0.227 e. The van der Waals surface area contributed by atoms with E-state index >= 15 is 0 Å². The largest absolute Gasteiger partial charge is 0.339 e. The summed E-state index contributed by atoms with van der Waals surface area (Å²) in [6.07, 6.45) is 0.397. The number of hydrogen-bond donors (Lipinski definition) is 1. The van der Waals surface area contributed by atoms with Crippen molar-refractivity contribution in [2.75, 3.05) is 5.32 Å². The fraction of sp³-hybridized carbons (Fsp3) is 0.167. The fourth-order valence-electron chi connectivity index (χ4n) is 2.28. The molecule has 25 heavy (non-hydrogen) atoms. The van der Waals surface area contributed by atoms with Crippen molar-refractivity contribution in [3.05, 3.63) is 64.2 Å². The van der Waals surface area contributed by atoms with E-state index in [1.165, 1.54) is 12.1 Å². The number of nitrogens with zero attached hydrogens (tertiary/aromatic N) is 2. The van der Waals surface area contributed by atoms with Crippen LogP contribution in [-0.2, 0) is 11.2 Å². The first kappa shape index (κ1) is 17.3. The molecule has 3 rings (SSSR count). The summed E-state index contributed by atoms with van der Waals surface area (Å²) in [6.45, 7) is 1.98. The Balaban J connectivity index is 1.59. The monoisotopic (exact) mass is 403 g/mol. The maximum absolute atomic E-state index is 13.7. The second-order valence-corrected chi connectivity index (χ2v) is 6.47. The van der Waals surface area contributed by atoms with Gasteiger partial charge in [-0.2, -0.15) is 4.98 Å². The number of carbonyl (C=O) groups is 1. The minimum atomic E-state index is -0.498. The number of aryl methyl sites for hydroxylation is 2. The molecule has 1 aromatic heterocycles. The molecule has 1 heterocycles. The van der Waals surface area contributed by atoms with E-state index in [1.807, 2.05) is 31.2 Å². The SMILES string of the molecule is Cc1cccc(-c2noc(CCC(=O)Nc3ccc(Br)cc3F)n2)c1. The lowest BCUT2D eigenvalue weighted by Crippen LogP contribution is -2.13. The average Bonchev–Trinajstić information content (AvgIpc) is 3.05. The van der Waals surface area contributed by atoms with Gasteiger partial charge in [-0.15, -0.1) is 0 Å². The third-order valence-electron chi connectivity index (χ3n) is 3.52. The van der Waals surface area contributed by atoms with Gasteiger partial charge in [-0.05, 0) is 31.2 Å². The van der Waals surface area contributed by atoms with Crippen LogP contribution in [0.25, 0.3) is 11.4 Å². The highest BCUT2D eigenvalue weighted by molar-refractivity contribution is 9.10. The Morgan fingerprint density at radius 2 is 2.12 bits per heavy atom. The molecule has 0 aliphatic rings. The molecule has 0 radical (unpaired) electrons. The summed E-state index contributed by atoms with van der Waals surface area (Å²) in [5.74, 6) is 0.0276. The van der Waals surface area contributed by atoms with Crippen LogP contribution in [0.2, 0.25) is 0 Å². The number of benzene rings is 2. The van der Waals surface area contributed by atoms with E-state index in [0.717, 1.165) is 11.1 Å². The van der Waals surface area contributed by atoms with E-state index in [2.05, 4.69) is 31.4 Å². The van der Waals surface area contributed by atoms with E-state index in [4.69, 9.17) is 4.52 Å². The van der Waals surface area contributed by atoms with Gasteiger partial charge in [0.15, 0.2) is 0 Å². The van der Waals surface area contributed by atoms with Crippen molar-refractivity contribution in [2.24, 2.45) is 0 Å². The van der Waals surface area contributed by atoms with Crippen molar-refractivity contribution in [3.63, 3.8) is 0 Å². The van der Waals surface area contributed by atoms with Crippen molar-refractivity contribution >= 4 is 27.5 Å². The van der Waals surface area contributed by atoms with Crippen LogP contribution in [0.5, 0.6) is 0 Å². The summed E-state index contributed by atoms with van der Waals surface area (Å²) in [7, 11) is 0. The predicted molar refractivity (Wildman–Crippen MR) is 95.5 cm³/mol. The van der Waals surface area contributed by atoms with Gasteiger partial charge in [-0.1, -0.05) is 44.8 Å². The van der Waals surface area contributed by atoms with E-state index in [0.29, 0.717) is 16.2 Å². The molecule has 3 aromatic rings. The molecule has 0 saturated heterocycles. The predicted octanol–water partition coefficient (Wildman–Crippen LogP) is 4.52. The van der Waals surface area contributed by atoms with Gasteiger partial charge in [0.2, 0.25) is 17.6 Å². The first-order chi connectivity index (χ1) is 12.0. The maximum Gasteiger partial charge on any atom is 0.227 e. The van der Waals surface area contributed by atoms with Gasteiger partial charge in [-0.25, -0.2) is 4.39 Å². The minimum absolute atomic E-state index is 0.116. The van der Waals surface area contributed by atoms with E-state index in [1.54, 1.807) is 6.07 Å². The van der Waals surface area contributed by atoms with Crippen LogP contribution < -0.4 is 5.32 Å². The quantitative estimate of drug-likeness (QED) is 0.679. The van der Waals surface area contributed by atoms with Gasteiger partial charge in [0, 0.05) is 22.9 Å². The molecule has 2 aromatic carbocycles. The zero-order valence-corrected chi connectivity index (χ0v) is 15.0. The number of aromatic nitrogens is 2. The molecular formula is C18H15BrFN3O2. The van der Waals surface area contributed by atoms with E-state index < -0.39 is 5.82 Å². The Morgan fingerprint density at radius 3 is 2.88 bits per heavy atom. The molecule has 0 spiro atoms. The van der Waals surface area contributed by atoms with Gasteiger partial charge < -0.3 is 9.84 Å². The third-order valence-corrected chi connectivity index (χ3v) is 4.01. The summed E-state index contributed by atoms with van der Waals surface area (Å²) < 4.78 is 19.5. The molecule has 0 bridgehead atoms. The van der Waals surface area contributed by atoms with Crippen LogP contribution in [-0.4, -0.2) is 16.0 Å². The average molecular weight is 404 g/mol. The fourth-order valence-corrected chi connectivity index (χ4v) is 2.61. The summed E-state index contributed by atoms with van der Waals surface area (Å²) in [5, 5.41) is 6.46. The summed E-state index contributed by atoms with van der Waals surface area (Å²) in [4.78, 5) is 16.3. The normalized spacial score (nSPS) is 10.7. The molecule has 0 atom stereocenters. The van der Waals surface area contributed by atoms with Crippen LogP contribution in [0.4, 0.5) is 10.1 Å². The zero-order valence-electron chi connectivity index (χ0n) is 13.4. The Morgan fingerprint density at radius 1 is 1.28 bits per heavy atom. The number of amides is 1. The standard InChI is InChI=1S/C18H15BrFN3O2/c1-11-3-2-4-12(9-11)18-22-17(25-23-18)8-7-16(24)21-15-6-5-13(19)10-14(15)20/h2-6,9-10H,7-8H2,1H3,(H,21,24). The van der Waals surface area contributed by atoms with Crippen LogP contribution >= 0.6 is 15.9 Å². The highest BCUT2D eigenvalue weighted by Gasteiger charge is 2.12. The molecule has 1 N–H and O–H groups in total. The Bertz CT molecular complexity index is 911. The molecule has 0 aliphatic heterocycles. The van der Waals surface area contributed by atoms with Crippen molar-refractivity contribution in [1.29, 1.82) is 0 Å². The Kier molecular flexibility index (Phi) is 5.23. The van der Waals surface area contributed by atoms with Gasteiger partial charge in [0.1, 0.15) is 5.82 Å². The zero-order chi connectivity index (χ0) is 17.8. The van der Waals surface area contributed by atoms with E-state index in [9.17, 15) is 9.18 Å². The minimum Gasteiger partial charge on any atom is -0.339 e. The number of nitrogens with one attached hydrogen (secondary N) is 1. The third kappa shape index (κ3) is 4.51. The molecular weight excluding hydrogens is 389 g/mol. The lowest BCUT2D eigenvalue weighted by Gasteiger charge is -2.05. The molecule has 128 valence electrons. The molecule has 0 fully saturated rings. The molecule has 0 saturated carbocycles. The number of hydrogen-bond acceptors (Lipinski definition) is 4. The van der Waals surface area contributed by atoms with Crippen molar-refractivity contribution in [2.45, 2.75) is 19.8 Å². The van der Waals surface area contributed by atoms with Crippen molar-refractivity contribution < 1.29 is 13.7 Å². The Labute approximate surface area is 152 Å². The van der Waals surface area contributed by atoms with Crippen molar-refractivity contribution in [1.82, 2.24) is 10.1 Å². The van der Waals surface area contributed by atoms with E-state index in [-0.39, 0.29) is 24.4 Å². The van der Waals surface area contributed by atoms with Gasteiger partial charge in [0.25, 0.3) is 0 Å². The van der Waals surface area contributed by atoms with Crippen molar-refractivity contribution in [3.8, 4) is 11.4 Å². The van der Waals surface area contributed by atoms with Crippen LogP contribution in [0.3, 0.4) is 0 Å². The molecule has 7 heteroatoms. The first-order valence-corrected chi connectivity index (χ1v) is 8.45. The molecule has 0 aliphatic carbocycles. The number of carbonyl (C=O) groups excluding carboxylic acids is 1. The van der Waals surface area contributed by atoms with Gasteiger partial charge in [0.05, 0.1) is 5.69 Å². The van der Waals surface area contributed by atoms with Crippen LogP contribution in [0.1, 0.15) is 17.9 Å². The molecule has 0 unspecified atom stereocenters. The molecule has 5 nitrogen and oxygen atoms in total.